The van der Waals surface area contributed by atoms with Crippen molar-refractivity contribution in [3.8, 4) is 5.75 Å². The second-order valence-corrected chi connectivity index (χ2v) is 6.57. The number of carboxylic acids is 1. The van der Waals surface area contributed by atoms with Crippen molar-refractivity contribution in [3.05, 3.63) is 42.2 Å². The Morgan fingerprint density at radius 3 is 2.54 bits per heavy atom. The van der Waals surface area contributed by atoms with Gasteiger partial charge < -0.3 is 15.2 Å². The summed E-state index contributed by atoms with van der Waals surface area (Å²) in [5.74, 6) is -0.572. The van der Waals surface area contributed by atoms with Crippen LogP contribution in [0.3, 0.4) is 0 Å². The van der Waals surface area contributed by atoms with E-state index < -0.39 is 11.5 Å². The van der Waals surface area contributed by atoms with E-state index in [0.717, 1.165) is 25.0 Å². The predicted octanol–water partition coefficient (Wildman–Crippen LogP) is 3.52. The number of rotatable bonds is 9. The maximum Gasteiger partial charge on any atom is 0.331 e. The maximum atomic E-state index is 12.3. The molecule has 0 aliphatic rings. The van der Waals surface area contributed by atoms with Gasteiger partial charge in [-0.25, -0.2) is 4.79 Å². The molecule has 26 heavy (non-hydrogen) atoms. The van der Waals surface area contributed by atoms with Gasteiger partial charge in [0.2, 0.25) is 0 Å². The van der Waals surface area contributed by atoms with Gasteiger partial charge >= 0.3 is 5.97 Å². The molecule has 0 spiro atoms. The van der Waals surface area contributed by atoms with Crippen molar-refractivity contribution in [3.63, 3.8) is 0 Å². The molecule has 0 aliphatic carbocycles. The Balaban J connectivity index is 1.96. The van der Waals surface area contributed by atoms with Gasteiger partial charge in [0.15, 0.2) is 5.54 Å². The largest absolute Gasteiger partial charge is 0.494 e. The van der Waals surface area contributed by atoms with Gasteiger partial charge in [0.05, 0.1) is 18.5 Å². The Morgan fingerprint density at radius 2 is 1.92 bits per heavy atom. The topological polar surface area (TPSA) is 93.5 Å². The number of carbonyl (C=O) groups is 2. The van der Waals surface area contributed by atoms with Crippen molar-refractivity contribution in [2.75, 3.05) is 11.9 Å². The van der Waals surface area contributed by atoms with Gasteiger partial charge in [0.1, 0.15) is 5.75 Å². The first-order valence-corrected chi connectivity index (χ1v) is 8.67. The molecule has 0 fully saturated rings. The monoisotopic (exact) mass is 359 g/mol. The van der Waals surface area contributed by atoms with E-state index in [9.17, 15) is 14.7 Å². The molecule has 0 unspecified atom stereocenters. The number of hydrogen-bond acceptors (Lipinski definition) is 4. The van der Waals surface area contributed by atoms with Crippen LogP contribution in [0.1, 0.15) is 50.4 Å². The van der Waals surface area contributed by atoms with Gasteiger partial charge in [-0.1, -0.05) is 19.8 Å². The second-order valence-electron chi connectivity index (χ2n) is 6.57. The van der Waals surface area contributed by atoms with Crippen LogP contribution in [0.25, 0.3) is 0 Å². The van der Waals surface area contributed by atoms with E-state index in [1.807, 2.05) is 0 Å². The number of hydrogen-bond donors (Lipinski definition) is 2. The minimum atomic E-state index is -1.19. The van der Waals surface area contributed by atoms with Gasteiger partial charge in [0, 0.05) is 11.8 Å². The van der Waals surface area contributed by atoms with Crippen LogP contribution in [0, 0.1) is 0 Å². The third-order valence-electron chi connectivity index (χ3n) is 4.07. The summed E-state index contributed by atoms with van der Waals surface area (Å²) in [6.07, 6.45) is 6.20. The summed E-state index contributed by atoms with van der Waals surface area (Å²) in [5.41, 5.74) is -0.278. The molecule has 0 bridgehead atoms. The van der Waals surface area contributed by atoms with Gasteiger partial charge in [-0.2, -0.15) is 5.10 Å². The fourth-order valence-electron chi connectivity index (χ4n) is 2.24. The van der Waals surface area contributed by atoms with Crippen molar-refractivity contribution in [1.29, 1.82) is 0 Å². The van der Waals surface area contributed by atoms with Crippen LogP contribution in [0.2, 0.25) is 0 Å². The van der Waals surface area contributed by atoms with E-state index in [-0.39, 0.29) is 5.91 Å². The maximum absolute atomic E-state index is 12.3. The molecule has 0 radical (unpaired) electrons. The molecule has 0 saturated heterocycles. The third-order valence-corrected chi connectivity index (χ3v) is 4.07. The number of aromatic nitrogens is 2. The second kappa shape index (κ2) is 8.51. The number of carbonyl (C=O) groups excluding carboxylic acids is 1. The number of amides is 1. The lowest BCUT2D eigenvalue weighted by atomic mass is 10.1. The van der Waals surface area contributed by atoms with Crippen LogP contribution in [0.15, 0.2) is 36.7 Å². The molecular weight excluding hydrogens is 334 g/mol. The Hall–Kier alpha value is -2.83. The highest BCUT2D eigenvalue weighted by Gasteiger charge is 2.30. The summed E-state index contributed by atoms with van der Waals surface area (Å²) in [7, 11) is 0. The molecule has 1 amide bonds. The van der Waals surface area contributed by atoms with Gasteiger partial charge in [0.25, 0.3) is 5.91 Å². The van der Waals surface area contributed by atoms with Crippen LogP contribution in [-0.2, 0) is 10.3 Å². The number of anilines is 1. The van der Waals surface area contributed by atoms with Crippen molar-refractivity contribution >= 4 is 17.6 Å². The molecule has 140 valence electrons. The third kappa shape index (κ3) is 4.84. The fourth-order valence-corrected chi connectivity index (χ4v) is 2.24. The average Bonchev–Trinajstić information content (AvgIpc) is 3.08. The SMILES string of the molecule is CCCCCOc1ccc(C(=O)Nc2cnn(C(C)(C)C(=O)O)c2)cc1. The first-order valence-electron chi connectivity index (χ1n) is 8.67. The van der Waals surface area contributed by atoms with E-state index in [1.54, 1.807) is 24.3 Å². The normalized spacial score (nSPS) is 11.2. The van der Waals surface area contributed by atoms with Crippen molar-refractivity contribution in [2.45, 2.75) is 45.6 Å². The van der Waals surface area contributed by atoms with E-state index in [4.69, 9.17) is 4.74 Å². The number of nitrogens with zero attached hydrogens (tertiary/aromatic N) is 2. The van der Waals surface area contributed by atoms with Gasteiger partial charge in [-0.05, 0) is 44.5 Å². The van der Waals surface area contributed by atoms with Crippen molar-refractivity contribution in [2.24, 2.45) is 0 Å². The smallest absolute Gasteiger partial charge is 0.331 e. The van der Waals surface area contributed by atoms with E-state index >= 15 is 0 Å². The number of benzene rings is 1. The standard InChI is InChI=1S/C19H25N3O4/c1-4-5-6-11-26-16-9-7-14(8-10-16)17(23)21-15-12-20-22(13-15)19(2,3)18(24)25/h7-10,12-13H,4-6,11H2,1-3H3,(H,21,23)(H,24,25). The van der Waals surface area contributed by atoms with Crippen LogP contribution in [-0.4, -0.2) is 33.4 Å². The van der Waals surface area contributed by atoms with Crippen LogP contribution in [0.5, 0.6) is 5.75 Å². The quantitative estimate of drug-likeness (QED) is 0.668. The number of ether oxygens (including phenoxy) is 1. The molecule has 1 heterocycles. The average molecular weight is 359 g/mol. The van der Waals surface area contributed by atoms with Crippen molar-refractivity contribution < 1.29 is 19.4 Å². The Bertz CT molecular complexity index is 750. The zero-order chi connectivity index (χ0) is 19.2. The molecule has 0 saturated carbocycles. The fraction of sp³-hybridized carbons (Fsp3) is 0.421. The van der Waals surface area contributed by atoms with E-state index in [0.29, 0.717) is 17.9 Å². The molecule has 0 atom stereocenters. The first-order chi connectivity index (χ1) is 12.3. The Morgan fingerprint density at radius 1 is 1.23 bits per heavy atom. The summed E-state index contributed by atoms with van der Waals surface area (Å²) < 4.78 is 6.93. The molecule has 1 aromatic heterocycles. The number of nitrogens with one attached hydrogen (secondary N) is 1. The minimum Gasteiger partial charge on any atom is -0.494 e. The summed E-state index contributed by atoms with van der Waals surface area (Å²) in [6.45, 7) is 5.87. The Labute approximate surface area is 153 Å². The summed E-state index contributed by atoms with van der Waals surface area (Å²) >= 11 is 0. The molecule has 1 aromatic carbocycles. The molecule has 2 rings (SSSR count). The molecule has 7 heteroatoms. The lowest BCUT2D eigenvalue weighted by Gasteiger charge is -2.19. The summed E-state index contributed by atoms with van der Waals surface area (Å²) in [4.78, 5) is 23.6. The summed E-state index contributed by atoms with van der Waals surface area (Å²) in [5, 5.41) is 16.0. The van der Waals surface area contributed by atoms with Crippen LogP contribution < -0.4 is 10.1 Å². The van der Waals surface area contributed by atoms with Gasteiger partial charge in [-0.15, -0.1) is 0 Å². The zero-order valence-electron chi connectivity index (χ0n) is 15.4. The van der Waals surface area contributed by atoms with Crippen LogP contribution in [0.4, 0.5) is 5.69 Å². The Kier molecular flexibility index (Phi) is 6.38. The van der Waals surface area contributed by atoms with E-state index in [2.05, 4.69) is 17.3 Å². The highest BCUT2D eigenvalue weighted by atomic mass is 16.5. The molecular formula is C19H25N3O4. The zero-order valence-corrected chi connectivity index (χ0v) is 15.4. The number of aliphatic carboxylic acids is 1. The molecule has 2 aromatic rings. The molecule has 7 nitrogen and oxygen atoms in total. The van der Waals surface area contributed by atoms with E-state index in [1.165, 1.54) is 30.9 Å². The predicted molar refractivity (Wildman–Crippen MR) is 98.6 cm³/mol. The molecule has 0 aliphatic heterocycles. The van der Waals surface area contributed by atoms with Gasteiger partial charge in [-0.3, -0.25) is 9.48 Å². The first kappa shape index (κ1) is 19.5. The van der Waals surface area contributed by atoms with Crippen molar-refractivity contribution in [1.82, 2.24) is 9.78 Å². The molecule has 2 N–H and O–H groups in total. The summed E-state index contributed by atoms with van der Waals surface area (Å²) in [6, 6.07) is 6.90. The van der Waals surface area contributed by atoms with Crippen LogP contribution >= 0.6 is 0 Å². The lowest BCUT2D eigenvalue weighted by molar-refractivity contribution is -0.146. The lowest BCUT2D eigenvalue weighted by Crippen LogP contribution is -2.35. The highest BCUT2D eigenvalue weighted by molar-refractivity contribution is 6.04. The minimum absolute atomic E-state index is 0.296. The highest BCUT2D eigenvalue weighted by Crippen LogP contribution is 2.18. The number of unbranched alkanes of at least 4 members (excludes halogenated alkanes) is 2. The number of carboxylic acid groups (broad SMARTS) is 1.